The fraction of sp³-hybridized carbons (Fsp3) is 1.00. The molecule has 5 heteroatoms. The highest BCUT2D eigenvalue weighted by molar-refractivity contribution is 4.77. The molecule has 1 aliphatic heterocycles. The van der Waals surface area contributed by atoms with Gasteiger partial charge in [0, 0.05) is 12.6 Å². The lowest BCUT2D eigenvalue weighted by atomic mass is 10.2. The Labute approximate surface area is 76.5 Å². The van der Waals surface area contributed by atoms with Gasteiger partial charge in [0.05, 0.1) is 6.54 Å². The summed E-state index contributed by atoms with van der Waals surface area (Å²) in [4.78, 5) is 0. The first-order chi connectivity index (χ1) is 6.14. The van der Waals surface area contributed by atoms with Crippen LogP contribution in [0.1, 0.15) is 12.8 Å². The normalized spacial score (nSPS) is 23.8. The van der Waals surface area contributed by atoms with Crippen molar-refractivity contribution in [1.82, 2.24) is 10.6 Å². The van der Waals surface area contributed by atoms with Gasteiger partial charge in [-0.15, -0.1) is 0 Å². The van der Waals surface area contributed by atoms with Crippen molar-refractivity contribution >= 4 is 0 Å². The number of aliphatic hydroxyl groups excluding tert-OH is 1. The van der Waals surface area contributed by atoms with Crippen LogP contribution in [0.3, 0.4) is 0 Å². The zero-order chi connectivity index (χ0) is 9.73. The molecule has 1 aliphatic rings. The molecule has 0 aromatic heterocycles. The van der Waals surface area contributed by atoms with Gasteiger partial charge in [-0.05, 0) is 19.4 Å². The van der Waals surface area contributed by atoms with Gasteiger partial charge in [-0.1, -0.05) is 0 Å². The number of nitrogens with one attached hydrogen (secondary N) is 2. The van der Waals surface area contributed by atoms with Gasteiger partial charge in [0.25, 0.3) is 5.92 Å². The summed E-state index contributed by atoms with van der Waals surface area (Å²) in [6, 6.07) is 0.314. The Kier molecular flexibility index (Phi) is 4.02. The van der Waals surface area contributed by atoms with E-state index in [4.69, 9.17) is 5.11 Å². The van der Waals surface area contributed by atoms with E-state index < -0.39 is 19.1 Å². The quantitative estimate of drug-likeness (QED) is 0.575. The summed E-state index contributed by atoms with van der Waals surface area (Å²) in [6.07, 6.45) is 2.15. The summed E-state index contributed by atoms with van der Waals surface area (Å²) in [7, 11) is 0. The Morgan fingerprint density at radius 3 is 2.85 bits per heavy atom. The molecule has 1 atom stereocenters. The Morgan fingerprint density at radius 2 is 2.31 bits per heavy atom. The molecule has 1 saturated heterocycles. The second kappa shape index (κ2) is 4.83. The molecule has 78 valence electrons. The maximum Gasteiger partial charge on any atom is 0.282 e. The van der Waals surface area contributed by atoms with Crippen molar-refractivity contribution in [1.29, 1.82) is 0 Å². The van der Waals surface area contributed by atoms with Crippen LogP contribution in [-0.4, -0.2) is 43.3 Å². The molecular weight excluding hydrogens is 178 g/mol. The molecule has 1 rings (SSSR count). The Bertz CT molecular complexity index is 149. The molecule has 1 unspecified atom stereocenters. The topological polar surface area (TPSA) is 44.3 Å². The van der Waals surface area contributed by atoms with Crippen LogP contribution in [0.15, 0.2) is 0 Å². The van der Waals surface area contributed by atoms with Crippen LogP contribution in [0.25, 0.3) is 0 Å². The van der Waals surface area contributed by atoms with E-state index in [9.17, 15) is 8.78 Å². The average molecular weight is 194 g/mol. The summed E-state index contributed by atoms with van der Waals surface area (Å²) in [5.74, 6) is -2.99. The molecule has 0 saturated carbocycles. The second-order valence-corrected chi connectivity index (χ2v) is 3.44. The van der Waals surface area contributed by atoms with Crippen molar-refractivity contribution in [3.63, 3.8) is 0 Å². The molecule has 0 spiro atoms. The lowest BCUT2D eigenvalue weighted by Crippen LogP contribution is -2.41. The average Bonchev–Trinajstić information content (AvgIpc) is 2.57. The minimum Gasteiger partial charge on any atom is -0.390 e. The van der Waals surface area contributed by atoms with E-state index in [2.05, 4.69) is 10.6 Å². The van der Waals surface area contributed by atoms with E-state index in [1.54, 1.807) is 0 Å². The molecule has 3 nitrogen and oxygen atoms in total. The molecule has 1 heterocycles. The zero-order valence-electron chi connectivity index (χ0n) is 7.52. The molecule has 0 aromatic carbocycles. The highest BCUT2D eigenvalue weighted by atomic mass is 19.3. The third-order valence-corrected chi connectivity index (χ3v) is 2.17. The maximum atomic E-state index is 12.5. The van der Waals surface area contributed by atoms with Gasteiger partial charge in [-0.25, -0.2) is 8.78 Å². The molecule has 0 amide bonds. The fourth-order valence-electron chi connectivity index (χ4n) is 1.42. The lowest BCUT2D eigenvalue weighted by Gasteiger charge is -2.16. The number of hydrogen-bond acceptors (Lipinski definition) is 3. The van der Waals surface area contributed by atoms with Crippen molar-refractivity contribution in [2.24, 2.45) is 0 Å². The number of aliphatic hydroxyl groups is 1. The molecule has 0 radical (unpaired) electrons. The number of halogens is 2. The molecule has 0 aliphatic carbocycles. The first kappa shape index (κ1) is 10.8. The third-order valence-electron chi connectivity index (χ3n) is 2.17. The highest BCUT2D eigenvalue weighted by Gasteiger charge is 2.27. The molecule has 1 fully saturated rings. The van der Waals surface area contributed by atoms with Gasteiger partial charge in [0.1, 0.15) is 6.61 Å². The van der Waals surface area contributed by atoms with Crippen LogP contribution in [0, 0.1) is 0 Å². The standard InChI is InChI=1S/C8H16F2N2O/c9-8(10,6-13)5-11-4-7-2-1-3-12-7/h7,11-13H,1-6H2. The highest BCUT2D eigenvalue weighted by Crippen LogP contribution is 2.10. The van der Waals surface area contributed by atoms with Gasteiger partial charge in [-0.2, -0.15) is 0 Å². The van der Waals surface area contributed by atoms with Crippen LogP contribution >= 0.6 is 0 Å². The second-order valence-electron chi connectivity index (χ2n) is 3.44. The van der Waals surface area contributed by atoms with Crippen LogP contribution in [0.4, 0.5) is 8.78 Å². The fourth-order valence-corrected chi connectivity index (χ4v) is 1.42. The Balaban J connectivity index is 2.06. The van der Waals surface area contributed by atoms with Gasteiger partial charge in [-0.3, -0.25) is 0 Å². The van der Waals surface area contributed by atoms with Crippen LogP contribution < -0.4 is 10.6 Å². The Morgan fingerprint density at radius 1 is 1.54 bits per heavy atom. The van der Waals surface area contributed by atoms with Crippen molar-refractivity contribution in [2.75, 3.05) is 26.2 Å². The van der Waals surface area contributed by atoms with E-state index in [0.717, 1.165) is 19.4 Å². The number of rotatable bonds is 5. The van der Waals surface area contributed by atoms with E-state index in [-0.39, 0.29) is 0 Å². The van der Waals surface area contributed by atoms with E-state index in [1.165, 1.54) is 0 Å². The van der Waals surface area contributed by atoms with Crippen molar-refractivity contribution in [3.8, 4) is 0 Å². The summed E-state index contributed by atoms with van der Waals surface area (Å²) in [5.41, 5.74) is 0. The first-order valence-corrected chi connectivity index (χ1v) is 4.57. The predicted octanol–water partition coefficient (Wildman–Crippen LogP) is -0.0444. The minimum absolute atomic E-state index is 0.314. The minimum atomic E-state index is -2.99. The maximum absolute atomic E-state index is 12.5. The van der Waals surface area contributed by atoms with Crippen LogP contribution in [0.2, 0.25) is 0 Å². The zero-order valence-corrected chi connectivity index (χ0v) is 7.52. The van der Waals surface area contributed by atoms with E-state index >= 15 is 0 Å². The molecular formula is C8H16F2N2O. The number of hydrogen-bond donors (Lipinski definition) is 3. The Hall–Kier alpha value is -0.260. The summed E-state index contributed by atoms with van der Waals surface area (Å²) in [6.45, 7) is -0.00188. The van der Waals surface area contributed by atoms with Crippen LogP contribution in [0.5, 0.6) is 0 Å². The third kappa shape index (κ3) is 3.97. The van der Waals surface area contributed by atoms with Gasteiger partial charge in [0.15, 0.2) is 0 Å². The van der Waals surface area contributed by atoms with Crippen LogP contribution in [-0.2, 0) is 0 Å². The first-order valence-electron chi connectivity index (χ1n) is 4.57. The van der Waals surface area contributed by atoms with Crippen molar-refractivity contribution < 1.29 is 13.9 Å². The monoisotopic (exact) mass is 194 g/mol. The van der Waals surface area contributed by atoms with E-state index in [1.807, 2.05) is 0 Å². The van der Waals surface area contributed by atoms with Gasteiger partial charge in [0.2, 0.25) is 0 Å². The lowest BCUT2D eigenvalue weighted by molar-refractivity contribution is -0.0476. The molecule has 0 aromatic rings. The van der Waals surface area contributed by atoms with E-state index in [0.29, 0.717) is 12.6 Å². The van der Waals surface area contributed by atoms with Crippen molar-refractivity contribution in [2.45, 2.75) is 24.8 Å². The summed E-state index contributed by atoms with van der Waals surface area (Å²) >= 11 is 0. The summed E-state index contributed by atoms with van der Waals surface area (Å²) in [5, 5.41) is 14.1. The van der Waals surface area contributed by atoms with Gasteiger partial charge < -0.3 is 15.7 Å². The largest absolute Gasteiger partial charge is 0.390 e. The van der Waals surface area contributed by atoms with Crippen molar-refractivity contribution in [3.05, 3.63) is 0 Å². The molecule has 3 N–H and O–H groups in total. The molecule has 13 heavy (non-hydrogen) atoms. The summed E-state index contributed by atoms with van der Waals surface area (Å²) < 4.78 is 25.0. The SMILES string of the molecule is OCC(F)(F)CNCC1CCCN1. The number of alkyl halides is 2. The van der Waals surface area contributed by atoms with Gasteiger partial charge >= 0.3 is 0 Å². The predicted molar refractivity (Wildman–Crippen MR) is 45.9 cm³/mol. The molecule has 0 bridgehead atoms. The smallest absolute Gasteiger partial charge is 0.282 e.